The van der Waals surface area contributed by atoms with Gasteiger partial charge in [-0.25, -0.2) is 15.0 Å². The van der Waals surface area contributed by atoms with Gasteiger partial charge in [0, 0.05) is 46.9 Å². The SMILES string of the molecule is C=CC(=O)Nc1cc(-c2cnc3[nH]cc(-c4ccnc(C#N)c4)c3c2)cnc1OC1CCC1. The maximum atomic E-state index is 12.0. The molecule has 0 unspecified atom stereocenters. The van der Waals surface area contributed by atoms with Crippen molar-refractivity contribution in [3.63, 3.8) is 0 Å². The summed E-state index contributed by atoms with van der Waals surface area (Å²) in [6, 6.07) is 9.50. The molecule has 4 aromatic heterocycles. The molecule has 0 bridgehead atoms. The molecular formula is C25H20N6O2. The molecule has 8 heteroatoms. The first-order valence-electron chi connectivity index (χ1n) is 10.6. The number of nitrogens with one attached hydrogen (secondary N) is 2. The standard InChI is InChI=1S/C25H20N6O2/c1-2-23(32)31-22-10-17(13-30-25(22)33-19-4-3-5-19)16-9-20-21(14-29-24(20)28-12-16)15-6-7-27-18(8-15)11-26/h2,6-10,12-14,19H,1,3-5H2,(H,28,29)(H,31,32). The van der Waals surface area contributed by atoms with Crippen molar-refractivity contribution in [2.45, 2.75) is 25.4 Å². The smallest absolute Gasteiger partial charge is 0.247 e. The van der Waals surface area contributed by atoms with Crippen LogP contribution in [0.3, 0.4) is 0 Å². The van der Waals surface area contributed by atoms with Crippen molar-refractivity contribution in [1.29, 1.82) is 5.26 Å². The number of nitrogens with zero attached hydrogens (tertiary/aromatic N) is 4. The maximum absolute atomic E-state index is 12.0. The van der Waals surface area contributed by atoms with Crippen molar-refractivity contribution in [3.8, 4) is 34.2 Å². The summed E-state index contributed by atoms with van der Waals surface area (Å²) in [5, 5.41) is 12.9. The van der Waals surface area contributed by atoms with Crippen molar-refractivity contribution in [2.75, 3.05) is 5.32 Å². The van der Waals surface area contributed by atoms with E-state index in [1.54, 1.807) is 24.7 Å². The van der Waals surface area contributed by atoms with E-state index in [4.69, 9.17) is 4.74 Å². The molecule has 0 aliphatic heterocycles. The number of pyridine rings is 3. The number of nitriles is 1. The summed E-state index contributed by atoms with van der Waals surface area (Å²) < 4.78 is 5.96. The Bertz CT molecular complexity index is 1410. The van der Waals surface area contributed by atoms with E-state index in [0.29, 0.717) is 17.3 Å². The molecule has 0 radical (unpaired) electrons. The zero-order valence-corrected chi connectivity index (χ0v) is 17.7. The molecular weight excluding hydrogens is 416 g/mol. The van der Waals surface area contributed by atoms with E-state index in [-0.39, 0.29) is 12.0 Å². The predicted molar refractivity (Wildman–Crippen MR) is 124 cm³/mol. The summed E-state index contributed by atoms with van der Waals surface area (Å²) in [5.41, 5.74) is 4.96. The Morgan fingerprint density at radius 3 is 2.76 bits per heavy atom. The Labute approximate surface area is 190 Å². The second-order valence-corrected chi connectivity index (χ2v) is 7.80. The lowest BCUT2D eigenvalue weighted by molar-refractivity contribution is -0.111. The van der Waals surface area contributed by atoms with Gasteiger partial charge < -0.3 is 15.0 Å². The van der Waals surface area contributed by atoms with Gasteiger partial charge in [-0.05, 0) is 55.2 Å². The molecule has 162 valence electrons. The van der Waals surface area contributed by atoms with Crippen LogP contribution in [-0.4, -0.2) is 31.9 Å². The summed E-state index contributed by atoms with van der Waals surface area (Å²) in [5.74, 6) is 0.0655. The first-order valence-corrected chi connectivity index (χ1v) is 10.6. The number of anilines is 1. The normalized spacial score (nSPS) is 13.2. The summed E-state index contributed by atoms with van der Waals surface area (Å²) in [7, 11) is 0. The highest BCUT2D eigenvalue weighted by molar-refractivity contribution is 6.00. The van der Waals surface area contributed by atoms with Gasteiger partial charge in [0.15, 0.2) is 0 Å². The Morgan fingerprint density at radius 2 is 2.00 bits per heavy atom. The monoisotopic (exact) mass is 436 g/mol. The van der Waals surface area contributed by atoms with E-state index in [1.807, 2.05) is 24.4 Å². The summed E-state index contributed by atoms with van der Waals surface area (Å²) in [4.78, 5) is 28.2. The highest BCUT2D eigenvalue weighted by Crippen LogP contribution is 2.34. The molecule has 33 heavy (non-hydrogen) atoms. The molecule has 1 amide bonds. The van der Waals surface area contributed by atoms with Gasteiger partial charge in [-0.1, -0.05) is 6.58 Å². The summed E-state index contributed by atoms with van der Waals surface area (Å²) in [6.07, 6.45) is 11.4. The fourth-order valence-electron chi connectivity index (χ4n) is 3.68. The number of fused-ring (bicyclic) bond motifs is 1. The van der Waals surface area contributed by atoms with Gasteiger partial charge in [0.2, 0.25) is 11.8 Å². The fourth-order valence-corrected chi connectivity index (χ4v) is 3.68. The van der Waals surface area contributed by atoms with E-state index in [0.717, 1.165) is 52.5 Å². The predicted octanol–water partition coefficient (Wildman–Crippen LogP) is 4.61. The van der Waals surface area contributed by atoms with Crippen molar-refractivity contribution in [1.82, 2.24) is 19.9 Å². The second-order valence-electron chi connectivity index (χ2n) is 7.80. The van der Waals surface area contributed by atoms with Crippen LogP contribution in [0.5, 0.6) is 5.88 Å². The van der Waals surface area contributed by atoms with Crippen molar-refractivity contribution < 1.29 is 9.53 Å². The fraction of sp³-hybridized carbons (Fsp3) is 0.160. The van der Waals surface area contributed by atoms with Gasteiger partial charge in [0.05, 0.1) is 0 Å². The van der Waals surface area contributed by atoms with Gasteiger partial charge in [-0.15, -0.1) is 0 Å². The Hall–Kier alpha value is -4.51. The van der Waals surface area contributed by atoms with E-state index in [1.165, 1.54) is 6.08 Å². The molecule has 1 saturated carbocycles. The number of carbonyl (C=O) groups excluding carboxylic acids is 1. The van der Waals surface area contributed by atoms with Crippen LogP contribution in [0.2, 0.25) is 0 Å². The largest absolute Gasteiger partial charge is 0.473 e. The molecule has 0 spiro atoms. The number of H-pyrrole nitrogens is 1. The third-order valence-corrected chi connectivity index (χ3v) is 5.67. The van der Waals surface area contributed by atoms with Gasteiger partial charge in [-0.2, -0.15) is 5.26 Å². The molecule has 1 fully saturated rings. The average Bonchev–Trinajstić information content (AvgIpc) is 3.25. The van der Waals surface area contributed by atoms with Crippen LogP contribution in [0.1, 0.15) is 25.0 Å². The lowest BCUT2D eigenvalue weighted by Crippen LogP contribution is -2.25. The minimum atomic E-state index is -0.333. The minimum Gasteiger partial charge on any atom is -0.473 e. The van der Waals surface area contributed by atoms with Crippen LogP contribution in [-0.2, 0) is 4.79 Å². The summed E-state index contributed by atoms with van der Waals surface area (Å²) in [6.45, 7) is 3.52. The number of aromatic amines is 1. The van der Waals surface area contributed by atoms with Crippen LogP contribution in [0.4, 0.5) is 5.69 Å². The first kappa shape index (κ1) is 20.4. The Morgan fingerprint density at radius 1 is 1.18 bits per heavy atom. The average molecular weight is 436 g/mol. The number of carbonyl (C=O) groups is 1. The topological polar surface area (TPSA) is 117 Å². The molecule has 1 aliphatic rings. The second kappa shape index (κ2) is 8.55. The number of rotatable bonds is 6. The lowest BCUT2D eigenvalue weighted by atomic mass is 9.96. The van der Waals surface area contributed by atoms with Crippen LogP contribution in [0.25, 0.3) is 33.3 Å². The number of ether oxygens (including phenoxy) is 1. The van der Waals surface area contributed by atoms with Crippen molar-refractivity contribution >= 4 is 22.6 Å². The highest BCUT2D eigenvalue weighted by atomic mass is 16.5. The first-order chi connectivity index (χ1) is 16.1. The van der Waals surface area contributed by atoms with E-state index in [2.05, 4.69) is 37.9 Å². The molecule has 0 atom stereocenters. The molecule has 0 saturated heterocycles. The maximum Gasteiger partial charge on any atom is 0.247 e. The zero-order valence-electron chi connectivity index (χ0n) is 17.7. The summed E-state index contributed by atoms with van der Waals surface area (Å²) >= 11 is 0. The molecule has 5 rings (SSSR count). The third kappa shape index (κ3) is 4.04. The van der Waals surface area contributed by atoms with E-state index >= 15 is 0 Å². The molecule has 1 aliphatic carbocycles. The number of hydrogen-bond donors (Lipinski definition) is 2. The number of amides is 1. The lowest BCUT2D eigenvalue weighted by Gasteiger charge is -2.26. The van der Waals surface area contributed by atoms with Crippen molar-refractivity contribution in [3.05, 3.63) is 67.4 Å². The molecule has 0 aromatic carbocycles. The van der Waals surface area contributed by atoms with E-state index in [9.17, 15) is 10.1 Å². The van der Waals surface area contributed by atoms with Crippen molar-refractivity contribution in [2.24, 2.45) is 0 Å². The van der Waals surface area contributed by atoms with E-state index < -0.39 is 0 Å². The van der Waals surface area contributed by atoms with Gasteiger partial charge in [0.1, 0.15) is 29.2 Å². The molecule has 4 aromatic rings. The molecule has 2 N–H and O–H groups in total. The molecule has 4 heterocycles. The Balaban J connectivity index is 1.55. The van der Waals surface area contributed by atoms with Crippen LogP contribution >= 0.6 is 0 Å². The van der Waals surface area contributed by atoms with Crippen LogP contribution in [0.15, 0.2) is 61.7 Å². The zero-order chi connectivity index (χ0) is 22.8. The van der Waals surface area contributed by atoms with Gasteiger partial charge in [-0.3, -0.25) is 4.79 Å². The van der Waals surface area contributed by atoms with Crippen LogP contribution in [0, 0.1) is 11.3 Å². The molecule has 8 nitrogen and oxygen atoms in total. The number of aromatic nitrogens is 4. The quantitative estimate of drug-likeness (QED) is 0.426. The number of hydrogen-bond acceptors (Lipinski definition) is 6. The highest BCUT2D eigenvalue weighted by Gasteiger charge is 2.22. The minimum absolute atomic E-state index is 0.127. The van der Waals surface area contributed by atoms with Gasteiger partial charge >= 0.3 is 0 Å². The van der Waals surface area contributed by atoms with Gasteiger partial charge in [0.25, 0.3) is 0 Å². The Kier molecular flexibility index (Phi) is 5.29. The van der Waals surface area contributed by atoms with Crippen LogP contribution < -0.4 is 10.1 Å². The third-order valence-electron chi connectivity index (χ3n) is 5.67.